The molecule has 0 saturated heterocycles. The lowest BCUT2D eigenvalue weighted by Crippen LogP contribution is -2.63. The number of carbonyl (C=O) groups excluding carboxylic acids is 3. The van der Waals surface area contributed by atoms with Gasteiger partial charge in [0.25, 0.3) is 0 Å². The topological polar surface area (TPSA) is 113 Å². The number of benzene rings is 2. The Bertz CT molecular complexity index is 1380. The van der Waals surface area contributed by atoms with Crippen LogP contribution in [0.1, 0.15) is 29.8 Å². The Morgan fingerprint density at radius 2 is 1.71 bits per heavy atom. The van der Waals surface area contributed by atoms with E-state index in [1.807, 2.05) is 0 Å². The van der Waals surface area contributed by atoms with E-state index in [9.17, 15) is 24.6 Å². The van der Waals surface area contributed by atoms with Gasteiger partial charge in [-0.25, -0.2) is 4.79 Å². The van der Waals surface area contributed by atoms with Crippen LogP contribution in [0.15, 0.2) is 77.5 Å². The van der Waals surface area contributed by atoms with E-state index in [-0.39, 0.29) is 34.6 Å². The summed E-state index contributed by atoms with van der Waals surface area (Å²) < 4.78 is 10.5. The lowest BCUT2D eigenvalue weighted by Gasteiger charge is -2.49. The molecular weight excluding hydrogens is 450 g/mol. The molecular formula is C27H23NO7. The second-order valence-electron chi connectivity index (χ2n) is 8.49. The summed E-state index contributed by atoms with van der Waals surface area (Å²) in [6, 6.07) is 12.9. The van der Waals surface area contributed by atoms with E-state index >= 15 is 0 Å². The Labute approximate surface area is 201 Å². The Balaban J connectivity index is 1.90. The van der Waals surface area contributed by atoms with Gasteiger partial charge < -0.3 is 24.6 Å². The third-order valence-electron chi connectivity index (χ3n) is 6.87. The van der Waals surface area contributed by atoms with Gasteiger partial charge >= 0.3 is 5.97 Å². The number of methoxy groups -OCH3 is 1. The number of hydrogen-bond acceptors (Lipinski definition) is 8. The fourth-order valence-corrected chi connectivity index (χ4v) is 5.50. The fraction of sp³-hybridized carbons (Fsp3) is 0.222. The van der Waals surface area contributed by atoms with Crippen molar-refractivity contribution in [1.82, 2.24) is 0 Å². The minimum atomic E-state index is -2.24. The first-order valence-electron chi connectivity index (χ1n) is 11.1. The molecule has 8 heteroatoms. The zero-order valence-corrected chi connectivity index (χ0v) is 19.4. The molecule has 1 heterocycles. The molecule has 0 fully saturated rings. The Morgan fingerprint density at radius 3 is 2.34 bits per heavy atom. The molecule has 1 aliphatic heterocycles. The standard InChI is InChI=1S/C27H23NO7/c1-4-35-25(32)21-15(2)28(16-9-11-17(34-3)12-10-16)26(33)14-13-20(29)22-23(30)18-7-5-6-8-19(18)24(31)27(21,22)26/h5-14,30,33H,4H2,1-3H3. The van der Waals surface area contributed by atoms with E-state index in [1.165, 1.54) is 30.2 Å². The van der Waals surface area contributed by atoms with Crippen LogP contribution in [0.5, 0.6) is 5.75 Å². The summed E-state index contributed by atoms with van der Waals surface area (Å²) in [7, 11) is 1.52. The van der Waals surface area contributed by atoms with Crippen molar-refractivity contribution in [1.29, 1.82) is 0 Å². The second-order valence-corrected chi connectivity index (χ2v) is 8.49. The maximum absolute atomic E-state index is 14.3. The minimum Gasteiger partial charge on any atom is -0.507 e. The maximum Gasteiger partial charge on any atom is 0.337 e. The number of aliphatic hydroxyl groups excluding tert-OH is 1. The monoisotopic (exact) mass is 473 g/mol. The van der Waals surface area contributed by atoms with Gasteiger partial charge in [-0.2, -0.15) is 0 Å². The van der Waals surface area contributed by atoms with Gasteiger partial charge in [-0.3, -0.25) is 9.59 Å². The van der Waals surface area contributed by atoms with Crippen molar-refractivity contribution in [3.8, 4) is 5.75 Å². The summed E-state index contributed by atoms with van der Waals surface area (Å²) in [5.41, 5.74) is -4.12. The van der Waals surface area contributed by atoms with Crippen molar-refractivity contribution >= 4 is 29.0 Å². The molecule has 0 amide bonds. The number of hydrogen-bond donors (Lipinski definition) is 2. The molecule has 2 atom stereocenters. The number of ketones is 2. The van der Waals surface area contributed by atoms with Gasteiger partial charge in [0.05, 0.1) is 24.9 Å². The van der Waals surface area contributed by atoms with E-state index in [1.54, 1.807) is 50.2 Å². The predicted molar refractivity (Wildman–Crippen MR) is 127 cm³/mol. The van der Waals surface area contributed by atoms with Crippen molar-refractivity contribution in [2.24, 2.45) is 5.41 Å². The molecule has 0 radical (unpaired) electrons. The highest BCUT2D eigenvalue weighted by molar-refractivity contribution is 6.27. The van der Waals surface area contributed by atoms with Crippen LogP contribution in [0.4, 0.5) is 5.69 Å². The zero-order valence-electron chi connectivity index (χ0n) is 19.4. The van der Waals surface area contributed by atoms with E-state index in [4.69, 9.17) is 9.47 Å². The van der Waals surface area contributed by atoms with Gasteiger partial charge in [-0.15, -0.1) is 0 Å². The van der Waals surface area contributed by atoms with Gasteiger partial charge in [-0.1, -0.05) is 24.3 Å². The molecule has 5 rings (SSSR count). The van der Waals surface area contributed by atoms with Crippen LogP contribution < -0.4 is 9.64 Å². The second kappa shape index (κ2) is 7.68. The normalized spacial score (nSPS) is 24.9. The van der Waals surface area contributed by atoms with Crippen LogP contribution in [0, 0.1) is 5.41 Å². The van der Waals surface area contributed by atoms with Crippen LogP contribution in [-0.2, 0) is 14.3 Å². The summed E-state index contributed by atoms with van der Waals surface area (Å²) in [6.07, 6.45) is 2.32. The highest BCUT2D eigenvalue weighted by atomic mass is 16.5. The molecule has 2 aliphatic carbocycles. The number of nitrogens with zero attached hydrogens (tertiary/aromatic N) is 1. The molecule has 2 N–H and O–H groups in total. The molecule has 35 heavy (non-hydrogen) atoms. The first kappa shape index (κ1) is 22.6. The van der Waals surface area contributed by atoms with Gasteiger partial charge in [0.1, 0.15) is 11.5 Å². The minimum absolute atomic E-state index is 0.00620. The van der Waals surface area contributed by atoms with Crippen LogP contribution in [0.3, 0.4) is 0 Å². The molecule has 2 aromatic carbocycles. The van der Waals surface area contributed by atoms with E-state index in [2.05, 4.69) is 0 Å². The number of anilines is 1. The van der Waals surface area contributed by atoms with Crippen molar-refractivity contribution < 1.29 is 34.1 Å². The first-order valence-corrected chi connectivity index (χ1v) is 11.1. The Kier molecular flexibility index (Phi) is 4.96. The SMILES string of the molecule is CCOC(=O)C1=C(C)N(c2ccc(OC)cc2)C2(O)C=CC(=O)C3=C(O)c4ccccc4C(=O)C312. The molecule has 2 unspecified atom stereocenters. The molecule has 3 aliphatic rings. The summed E-state index contributed by atoms with van der Waals surface area (Å²) in [5.74, 6) is -2.11. The molecule has 0 saturated carbocycles. The Morgan fingerprint density at radius 1 is 1.06 bits per heavy atom. The number of ether oxygens (including phenoxy) is 2. The quantitative estimate of drug-likeness (QED) is 0.650. The number of fused-ring (bicyclic) bond motifs is 1. The van der Waals surface area contributed by atoms with Crippen molar-refractivity contribution in [3.63, 3.8) is 0 Å². The third kappa shape index (κ3) is 2.68. The van der Waals surface area contributed by atoms with E-state index in [0.717, 1.165) is 6.08 Å². The number of esters is 1. The largest absolute Gasteiger partial charge is 0.507 e. The summed E-state index contributed by atoms with van der Waals surface area (Å²) >= 11 is 0. The van der Waals surface area contributed by atoms with Crippen molar-refractivity contribution in [3.05, 3.63) is 88.7 Å². The fourth-order valence-electron chi connectivity index (χ4n) is 5.50. The number of Topliss-reactive ketones (excluding diaryl/α,β-unsaturated/α-hetero) is 1. The maximum atomic E-state index is 14.3. The summed E-state index contributed by atoms with van der Waals surface area (Å²) in [6.45, 7) is 3.19. The van der Waals surface area contributed by atoms with Crippen LogP contribution >= 0.6 is 0 Å². The van der Waals surface area contributed by atoms with Gasteiger partial charge in [0, 0.05) is 22.5 Å². The van der Waals surface area contributed by atoms with Gasteiger partial charge in [0.15, 0.2) is 22.7 Å². The third-order valence-corrected chi connectivity index (χ3v) is 6.87. The molecule has 178 valence electrons. The van der Waals surface area contributed by atoms with Crippen LogP contribution in [-0.4, -0.2) is 47.2 Å². The lowest BCUT2D eigenvalue weighted by atomic mass is 9.57. The average molecular weight is 473 g/mol. The molecule has 0 aromatic heterocycles. The molecule has 8 nitrogen and oxygen atoms in total. The smallest absolute Gasteiger partial charge is 0.337 e. The van der Waals surface area contributed by atoms with Gasteiger partial charge in [0.2, 0.25) is 0 Å². The highest BCUT2D eigenvalue weighted by Crippen LogP contribution is 2.62. The molecule has 2 aromatic rings. The first-order chi connectivity index (χ1) is 16.7. The van der Waals surface area contributed by atoms with Crippen molar-refractivity contribution in [2.75, 3.05) is 18.6 Å². The summed E-state index contributed by atoms with van der Waals surface area (Å²) in [5, 5.41) is 23.7. The molecule has 0 bridgehead atoms. The van der Waals surface area contributed by atoms with Crippen LogP contribution in [0.2, 0.25) is 0 Å². The van der Waals surface area contributed by atoms with E-state index < -0.39 is 34.4 Å². The summed E-state index contributed by atoms with van der Waals surface area (Å²) in [4.78, 5) is 42.4. The van der Waals surface area contributed by atoms with Gasteiger partial charge in [-0.05, 0) is 50.3 Å². The predicted octanol–water partition coefficient (Wildman–Crippen LogP) is 3.33. The lowest BCUT2D eigenvalue weighted by molar-refractivity contribution is -0.140. The van der Waals surface area contributed by atoms with Crippen LogP contribution in [0.25, 0.3) is 5.76 Å². The highest BCUT2D eigenvalue weighted by Gasteiger charge is 2.73. The van der Waals surface area contributed by atoms with Crippen molar-refractivity contribution in [2.45, 2.75) is 19.6 Å². The molecule has 1 spiro atoms. The Hall–Kier alpha value is -4.17. The zero-order chi connectivity index (χ0) is 25.1. The van der Waals surface area contributed by atoms with E-state index in [0.29, 0.717) is 11.4 Å². The number of aliphatic hydroxyl groups is 2. The number of allylic oxidation sites excluding steroid dienone is 2. The number of carbonyl (C=O) groups is 3. The number of rotatable bonds is 4. The average Bonchev–Trinajstić information content (AvgIpc) is 3.06.